The largest absolute Gasteiger partial charge is 0.357 e. The van der Waals surface area contributed by atoms with Crippen molar-refractivity contribution in [3.8, 4) is 0 Å². The van der Waals surface area contributed by atoms with Gasteiger partial charge in [-0.1, -0.05) is 12.1 Å². The van der Waals surface area contributed by atoms with Crippen molar-refractivity contribution in [2.75, 3.05) is 32.7 Å². The molecule has 3 N–H and O–H groups in total. The Labute approximate surface area is 174 Å². The van der Waals surface area contributed by atoms with Gasteiger partial charge in [-0.15, -0.1) is 0 Å². The summed E-state index contributed by atoms with van der Waals surface area (Å²) in [6.07, 6.45) is 2.04. The standard InChI is InChI=1S/C22H36FN5O/c1-5-24-20(29)22(3,4)16-26-21(25-6-2)27-19-11-13-28(14-12-19)15-17-7-9-18(23)10-8-17/h7-10,19H,5-6,11-16H2,1-4H3,(H,24,29)(H2,25,26,27). The highest BCUT2D eigenvalue weighted by Gasteiger charge is 2.27. The minimum Gasteiger partial charge on any atom is -0.357 e. The summed E-state index contributed by atoms with van der Waals surface area (Å²) in [5.74, 6) is 0.595. The lowest BCUT2D eigenvalue weighted by atomic mass is 9.92. The summed E-state index contributed by atoms with van der Waals surface area (Å²) >= 11 is 0. The summed E-state index contributed by atoms with van der Waals surface area (Å²) in [6, 6.07) is 7.10. The molecule has 0 saturated carbocycles. The maximum atomic E-state index is 13.1. The van der Waals surface area contributed by atoms with E-state index in [1.807, 2.05) is 39.8 Å². The number of hydrogen-bond donors (Lipinski definition) is 3. The van der Waals surface area contributed by atoms with E-state index in [1.165, 1.54) is 12.1 Å². The van der Waals surface area contributed by atoms with Gasteiger partial charge in [0, 0.05) is 38.8 Å². The van der Waals surface area contributed by atoms with Gasteiger partial charge in [-0.05, 0) is 58.2 Å². The molecular formula is C22H36FN5O. The van der Waals surface area contributed by atoms with E-state index in [9.17, 15) is 9.18 Å². The summed E-state index contributed by atoms with van der Waals surface area (Å²) in [7, 11) is 0. The molecule has 1 saturated heterocycles. The van der Waals surface area contributed by atoms with Crippen molar-refractivity contribution in [1.82, 2.24) is 20.9 Å². The van der Waals surface area contributed by atoms with Gasteiger partial charge in [-0.2, -0.15) is 0 Å². The molecule has 1 aliphatic heterocycles. The van der Waals surface area contributed by atoms with Gasteiger partial charge in [0.2, 0.25) is 5.91 Å². The normalized spacial score (nSPS) is 16.5. The molecule has 0 unspecified atom stereocenters. The zero-order valence-corrected chi connectivity index (χ0v) is 18.2. The number of halogens is 1. The van der Waals surface area contributed by atoms with Gasteiger partial charge in [0.15, 0.2) is 5.96 Å². The zero-order chi connectivity index (χ0) is 21.3. The van der Waals surface area contributed by atoms with Crippen molar-refractivity contribution < 1.29 is 9.18 Å². The lowest BCUT2D eigenvalue weighted by molar-refractivity contribution is -0.128. The van der Waals surface area contributed by atoms with E-state index in [0.29, 0.717) is 19.1 Å². The zero-order valence-electron chi connectivity index (χ0n) is 18.2. The van der Waals surface area contributed by atoms with E-state index < -0.39 is 5.41 Å². The molecule has 0 aliphatic carbocycles. The lowest BCUT2D eigenvalue weighted by Gasteiger charge is -2.33. The maximum Gasteiger partial charge on any atom is 0.227 e. The van der Waals surface area contributed by atoms with Crippen molar-refractivity contribution in [2.45, 2.75) is 53.1 Å². The quantitative estimate of drug-likeness (QED) is 0.459. The third-order valence-corrected chi connectivity index (χ3v) is 5.18. The Kier molecular flexibility index (Phi) is 8.89. The fourth-order valence-electron chi connectivity index (χ4n) is 3.35. The molecule has 162 valence electrons. The van der Waals surface area contributed by atoms with Crippen LogP contribution in [0.1, 0.15) is 46.1 Å². The molecule has 7 heteroatoms. The molecule has 2 rings (SSSR count). The number of nitrogens with zero attached hydrogens (tertiary/aromatic N) is 2. The average Bonchev–Trinajstić information content (AvgIpc) is 2.70. The Hall–Kier alpha value is -2.15. The van der Waals surface area contributed by atoms with E-state index in [2.05, 4.69) is 25.8 Å². The molecular weight excluding hydrogens is 369 g/mol. The number of benzene rings is 1. The maximum absolute atomic E-state index is 13.1. The molecule has 0 radical (unpaired) electrons. The third-order valence-electron chi connectivity index (χ3n) is 5.18. The van der Waals surface area contributed by atoms with Gasteiger partial charge in [-0.25, -0.2) is 4.39 Å². The number of guanidine groups is 1. The fourth-order valence-corrected chi connectivity index (χ4v) is 3.35. The summed E-state index contributed by atoms with van der Waals surface area (Å²) in [4.78, 5) is 19.2. The van der Waals surface area contributed by atoms with E-state index in [-0.39, 0.29) is 11.7 Å². The highest BCUT2D eigenvalue weighted by molar-refractivity contribution is 5.83. The SMILES string of the molecule is CCNC(=O)C(C)(C)CN=C(NCC)NC1CCN(Cc2ccc(F)cc2)CC1. The van der Waals surface area contributed by atoms with Crippen molar-refractivity contribution in [3.05, 3.63) is 35.6 Å². The van der Waals surface area contributed by atoms with Crippen LogP contribution in [0.4, 0.5) is 4.39 Å². The average molecular weight is 406 g/mol. The fraction of sp³-hybridized carbons (Fsp3) is 0.636. The van der Waals surface area contributed by atoms with E-state index >= 15 is 0 Å². The molecule has 1 fully saturated rings. The minimum absolute atomic E-state index is 0.0219. The monoisotopic (exact) mass is 405 g/mol. The Balaban J connectivity index is 1.85. The van der Waals surface area contributed by atoms with Crippen molar-refractivity contribution >= 4 is 11.9 Å². The van der Waals surface area contributed by atoms with E-state index in [0.717, 1.165) is 50.5 Å². The minimum atomic E-state index is -0.545. The predicted molar refractivity (Wildman–Crippen MR) is 116 cm³/mol. The number of carbonyl (C=O) groups is 1. The summed E-state index contributed by atoms with van der Waals surface area (Å²) in [5.41, 5.74) is 0.594. The van der Waals surface area contributed by atoms with Crippen LogP contribution in [-0.4, -0.2) is 55.5 Å². The van der Waals surface area contributed by atoms with Crippen LogP contribution < -0.4 is 16.0 Å². The molecule has 1 amide bonds. The first-order valence-electron chi connectivity index (χ1n) is 10.6. The number of rotatable bonds is 8. The van der Waals surface area contributed by atoms with Crippen LogP contribution in [0.25, 0.3) is 0 Å². The van der Waals surface area contributed by atoms with Gasteiger partial charge in [0.05, 0.1) is 12.0 Å². The Morgan fingerprint density at radius 2 is 1.76 bits per heavy atom. The first-order chi connectivity index (χ1) is 13.8. The summed E-state index contributed by atoms with van der Waals surface area (Å²) in [5, 5.41) is 9.69. The number of hydrogen-bond acceptors (Lipinski definition) is 3. The molecule has 1 aromatic rings. The second-order valence-corrected chi connectivity index (χ2v) is 8.26. The molecule has 29 heavy (non-hydrogen) atoms. The summed E-state index contributed by atoms with van der Waals surface area (Å²) < 4.78 is 13.1. The van der Waals surface area contributed by atoms with Crippen LogP contribution in [-0.2, 0) is 11.3 Å². The third kappa shape index (κ3) is 7.65. The molecule has 1 aromatic carbocycles. The van der Waals surface area contributed by atoms with Crippen LogP contribution in [0.5, 0.6) is 0 Å². The topological polar surface area (TPSA) is 68.8 Å². The Morgan fingerprint density at radius 3 is 2.34 bits per heavy atom. The van der Waals surface area contributed by atoms with Gasteiger partial charge in [-0.3, -0.25) is 14.7 Å². The molecule has 6 nitrogen and oxygen atoms in total. The van der Waals surface area contributed by atoms with E-state index in [1.54, 1.807) is 0 Å². The van der Waals surface area contributed by atoms with Crippen LogP contribution >= 0.6 is 0 Å². The van der Waals surface area contributed by atoms with Crippen molar-refractivity contribution in [3.63, 3.8) is 0 Å². The first kappa shape index (κ1) is 23.1. The van der Waals surface area contributed by atoms with Crippen LogP contribution in [0.2, 0.25) is 0 Å². The van der Waals surface area contributed by atoms with Gasteiger partial charge in [0.25, 0.3) is 0 Å². The number of nitrogens with one attached hydrogen (secondary N) is 3. The lowest BCUT2D eigenvalue weighted by Crippen LogP contribution is -2.49. The molecule has 0 spiro atoms. The molecule has 1 heterocycles. The Morgan fingerprint density at radius 1 is 1.14 bits per heavy atom. The second-order valence-electron chi connectivity index (χ2n) is 8.26. The number of carbonyl (C=O) groups excluding carboxylic acids is 1. The molecule has 0 atom stereocenters. The number of likely N-dealkylation sites (tertiary alicyclic amines) is 1. The number of aliphatic imine (C=N–C) groups is 1. The Bertz CT molecular complexity index is 666. The number of piperidine rings is 1. The van der Waals surface area contributed by atoms with Crippen molar-refractivity contribution in [2.24, 2.45) is 10.4 Å². The molecule has 0 aromatic heterocycles. The summed E-state index contributed by atoms with van der Waals surface area (Å²) in [6.45, 7) is 12.4. The highest BCUT2D eigenvalue weighted by atomic mass is 19.1. The number of amides is 1. The van der Waals surface area contributed by atoms with Crippen LogP contribution in [0, 0.1) is 11.2 Å². The van der Waals surface area contributed by atoms with Crippen LogP contribution in [0.15, 0.2) is 29.3 Å². The second kappa shape index (κ2) is 11.1. The smallest absolute Gasteiger partial charge is 0.227 e. The van der Waals surface area contributed by atoms with Crippen molar-refractivity contribution in [1.29, 1.82) is 0 Å². The van der Waals surface area contributed by atoms with E-state index in [4.69, 9.17) is 0 Å². The van der Waals surface area contributed by atoms with Crippen LogP contribution in [0.3, 0.4) is 0 Å². The van der Waals surface area contributed by atoms with Gasteiger partial charge >= 0.3 is 0 Å². The van der Waals surface area contributed by atoms with Gasteiger partial charge in [0.1, 0.15) is 5.82 Å². The predicted octanol–water partition coefficient (Wildman–Crippen LogP) is 2.51. The molecule has 1 aliphatic rings. The molecule has 0 bridgehead atoms. The highest BCUT2D eigenvalue weighted by Crippen LogP contribution is 2.16. The first-order valence-corrected chi connectivity index (χ1v) is 10.6. The van der Waals surface area contributed by atoms with Gasteiger partial charge < -0.3 is 16.0 Å².